The van der Waals surface area contributed by atoms with Gasteiger partial charge in [0.1, 0.15) is 17.6 Å². The van der Waals surface area contributed by atoms with Crippen molar-refractivity contribution in [2.75, 3.05) is 7.11 Å². The Bertz CT molecular complexity index is 675. The molecular weight excluding hydrogens is 356 g/mol. The summed E-state index contributed by atoms with van der Waals surface area (Å²) in [6.45, 7) is 0. The van der Waals surface area contributed by atoms with Crippen molar-refractivity contribution in [2.24, 2.45) is 0 Å². The van der Waals surface area contributed by atoms with E-state index in [1.807, 2.05) is 36.4 Å². The molecule has 3 nitrogen and oxygen atoms in total. The summed E-state index contributed by atoms with van der Waals surface area (Å²) in [5.74, 6) is 1.39. The Morgan fingerprint density at radius 1 is 1.24 bits per heavy atom. The smallest absolute Gasteiger partial charge is 0.128 e. The van der Waals surface area contributed by atoms with Gasteiger partial charge in [-0.1, -0.05) is 33.6 Å². The molecule has 110 valence electrons. The predicted molar refractivity (Wildman–Crippen MR) is 85.1 cm³/mol. The van der Waals surface area contributed by atoms with Crippen molar-refractivity contribution in [3.63, 3.8) is 0 Å². The number of rotatable bonds is 2. The number of hydrogen-bond acceptors (Lipinski definition) is 3. The van der Waals surface area contributed by atoms with E-state index in [1.165, 1.54) is 0 Å². The normalized spacial score (nSPS) is 20.6. The van der Waals surface area contributed by atoms with Crippen molar-refractivity contribution in [2.45, 2.75) is 18.6 Å². The van der Waals surface area contributed by atoms with Gasteiger partial charge in [-0.2, -0.15) is 0 Å². The first-order chi connectivity index (χ1) is 10.1. The molecule has 0 spiro atoms. The predicted octanol–water partition coefficient (Wildman–Crippen LogP) is 4.67. The lowest BCUT2D eigenvalue weighted by atomic mass is 9.95. The van der Waals surface area contributed by atoms with Crippen LogP contribution in [0.25, 0.3) is 0 Å². The summed E-state index contributed by atoms with van der Waals surface area (Å²) in [4.78, 5) is 0. The molecule has 2 atom stereocenters. The lowest BCUT2D eigenvalue weighted by molar-refractivity contribution is 0.0651. The van der Waals surface area contributed by atoms with Crippen molar-refractivity contribution >= 4 is 27.5 Å². The molecule has 0 saturated heterocycles. The number of benzene rings is 2. The highest BCUT2D eigenvalue weighted by atomic mass is 79.9. The second-order valence-electron chi connectivity index (χ2n) is 4.93. The molecule has 2 unspecified atom stereocenters. The highest BCUT2D eigenvalue weighted by molar-refractivity contribution is 9.10. The number of ether oxygens (including phenoxy) is 2. The molecular formula is C16H14BrClO3. The molecule has 2 aromatic carbocycles. The van der Waals surface area contributed by atoms with E-state index in [1.54, 1.807) is 7.11 Å². The molecule has 5 heteroatoms. The Labute approximate surface area is 136 Å². The Hall–Kier alpha value is -1.23. The second-order valence-corrected chi connectivity index (χ2v) is 6.22. The maximum atomic E-state index is 10.4. The van der Waals surface area contributed by atoms with Gasteiger partial charge in [-0.05, 0) is 30.3 Å². The molecule has 0 fully saturated rings. The highest BCUT2D eigenvalue weighted by Crippen LogP contribution is 2.43. The first kappa shape index (κ1) is 14.7. The zero-order valence-electron chi connectivity index (χ0n) is 11.3. The minimum Gasteiger partial charge on any atom is -0.497 e. The molecule has 1 N–H and O–H groups in total. The first-order valence-corrected chi connectivity index (χ1v) is 7.73. The molecule has 0 bridgehead atoms. The zero-order valence-corrected chi connectivity index (χ0v) is 13.7. The number of fused-ring (bicyclic) bond motifs is 1. The summed E-state index contributed by atoms with van der Waals surface area (Å²) in [7, 11) is 1.60. The van der Waals surface area contributed by atoms with Gasteiger partial charge < -0.3 is 14.6 Å². The van der Waals surface area contributed by atoms with Crippen molar-refractivity contribution in [1.82, 2.24) is 0 Å². The maximum Gasteiger partial charge on any atom is 0.128 e. The largest absolute Gasteiger partial charge is 0.497 e. The van der Waals surface area contributed by atoms with E-state index in [0.29, 0.717) is 22.9 Å². The van der Waals surface area contributed by atoms with Gasteiger partial charge in [-0.25, -0.2) is 0 Å². The monoisotopic (exact) mass is 368 g/mol. The van der Waals surface area contributed by atoms with E-state index in [9.17, 15) is 5.11 Å². The van der Waals surface area contributed by atoms with E-state index in [0.717, 1.165) is 15.6 Å². The topological polar surface area (TPSA) is 38.7 Å². The Morgan fingerprint density at radius 2 is 2.05 bits per heavy atom. The van der Waals surface area contributed by atoms with E-state index >= 15 is 0 Å². The highest BCUT2D eigenvalue weighted by Gasteiger charge is 2.29. The zero-order chi connectivity index (χ0) is 15.0. The van der Waals surface area contributed by atoms with Crippen LogP contribution in [0.2, 0.25) is 5.02 Å². The van der Waals surface area contributed by atoms with Gasteiger partial charge in [0.25, 0.3) is 0 Å². The van der Waals surface area contributed by atoms with Gasteiger partial charge >= 0.3 is 0 Å². The molecule has 0 aliphatic carbocycles. The van der Waals surface area contributed by atoms with E-state index in [-0.39, 0.29) is 6.10 Å². The van der Waals surface area contributed by atoms with Gasteiger partial charge in [0.2, 0.25) is 0 Å². The van der Waals surface area contributed by atoms with E-state index < -0.39 is 6.10 Å². The van der Waals surface area contributed by atoms with Crippen LogP contribution in [0.5, 0.6) is 11.5 Å². The lowest BCUT2D eigenvalue weighted by Gasteiger charge is -2.30. The van der Waals surface area contributed by atoms with Crippen molar-refractivity contribution < 1.29 is 14.6 Å². The Kier molecular flexibility index (Phi) is 4.11. The summed E-state index contributed by atoms with van der Waals surface area (Å²) in [5.41, 5.74) is 1.73. The fourth-order valence-corrected chi connectivity index (χ4v) is 3.44. The van der Waals surface area contributed by atoms with Crippen LogP contribution in [0.4, 0.5) is 0 Å². The van der Waals surface area contributed by atoms with Crippen LogP contribution < -0.4 is 9.47 Å². The number of aliphatic hydroxyl groups excluding tert-OH is 1. The second kappa shape index (κ2) is 5.87. The molecule has 2 aromatic rings. The van der Waals surface area contributed by atoms with Gasteiger partial charge in [0.15, 0.2) is 0 Å². The van der Waals surface area contributed by atoms with Crippen LogP contribution in [-0.2, 0) is 0 Å². The molecule has 1 aliphatic heterocycles. The van der Waals surface area contributed by atoms with Gasteiger partial charge in [0.05, 0.1) is 13.2 Å². The van der Waals surface area contributed by atoms with Gasteiger partial charge in [0, 0.05) is 27.0 Å². The maximum absolute atomic E-state index is 10.4. The third-order valence-corrected chi connectivity index (χ3v) is 4.51. The summed E-state index contributed by atoms with van der Waals surface area (Å²) in [6.07, 6.45) is -0.315. The molecule has 3 rings (SSSR count). The van der Waals surface area contributed by atoms with E-state index in [2.05, 4.69) is 15.9 Å². The molecule has 0 amide bonds. The summed E-state index contributed by atoms with van der Waals surface area (Å²) < 4.78 is 12.1. The molecule has 0 aromatic heterocycles. The fraction of sp³-hybridized carbons (Fsp3) is 0.250. The number of aliphatic hydroxyl groups is 1. The minimum absolute atomic E-state index is 0.215. The summed E-state index contributed by atoms with van der Waals surface area (Å²) >= 11 is 9.46. The summed E-state index contributed by atoms with van der Waals surface area (Å²) in [5, 5.41) is 11.0. The van der Waals surface area contributed by atoms with Crippen molar-refractivity contribution in [1.29, 1.82) is 0 Å². The van der Waals surface area contributed by atoms with Crippen molar-refractivity contribution in [3.8, 4) is 11.5 Å². The van der Waals surface area contributed by atoms with Crippen LogP contribution in [-0.4, -0.2) is 12.2 Å². The molecule has 1 aliphatic rings. The van der Waals surface area contributed by atoms with Crippen LogP contribution in [0.3, 0.4) is 0 Å². The third-order valence-electron chi connectivity index (χ3n) is 3.59. The van der Waals surface area contributed by atoms with Crippen LogP contribution in [0.1, 0.15) is 29.8 Å². The Balaban J connectivity index is 1.94. The standard InChI is InChI=1S/C16H14BrClO3/c1-20-10-3-5-15-12(7-10)14(19)8-16(21-15)11-4-2-9(18)6-13(11)17/h2-7,14,16,19H,8H2,1H3. The van der Waals surface area contributed by atoms with Gasteiger partial charge in [-0.15, -0.1) is 0 Å². The quantitative estimate of drug-likeness (QED) is 0.836. The summed E-state index contributed by atoms with van der Waals surface area (Å²) in [6, 6.07) is 11.0. The first-order valence-electron chi connectivity index (χ1n) is 6.56. The minimum atomic E-state index is -0.587. The van der Waals surface area contributed by atoms with Crippen molar-refractivity contribution in [3.05, 3.63) is 57.0 Å². The number of hydrogen-bond donors (Lipinski definition) is 1. The Morgan fingerprint density at radius 3 is 2.76 bits per heavy atom. The SMILES string of the molecule is COc1ccc2c(c1)C(O)CC(c1ccc(Cl)cc1Br)O2. The average Bonchev–Trinajstić information content (AvgIpc) is 2.47. The fourth-order valence-electron chi connectivity index (χ4n) is 2.51. The third kappa shape index (κ3) is 2.89. The van der Waals surface area contributed by atoms with Crippen LogP contribution in [0, 0.1) is 0 Å². The van der Waals surface area contributed by atoms with Crippen LogP contribution in [0.15, 0.2) is 40.9 Å². The lowest BCUT2D eigenvalue weighted by Crippen LogP contribution is -2.19. The molecule has 21 heavy (non-hydrogen) atoms. The number of halogens is 2. The van der Waals surface area contributed by atoms with Gasteiger partial charge in [-0.3, -0.25) is 0 Å². The van der Waals surface area contributed by atoms with Crippen LogP contribution >= 0.6 is 27.5 Å². The number of methoxy groups -OCH3 is 1. The molecule has 0 saturated carbocycles. The molecule has 1 heterocycles. The van der Waals surface area contributed by atoms with E-state index in [4.69, 9.17) is 21.1 Å². The molecule has 0 radical (unpaired) electrons. The average molecular weight is 370 g/mol.